The minimum Gasteiger partial charge on any atom is -0.486 e. The van der Waals surface area contributed by atoms with E-state index in [2.05, 4.69) is 5.32 Å². The van der Waals surface area contributed by atoms with Gasteiger partial charge in [0.1, 0.15) is 13.2 Å². The molecule has 2 atom stereocenters. The summed E-state index contributed by atoms with van der Waals surface area (Å²) in [6.07, 6.45) is -0.909. The number of amides is 2. The van der Waals surface area contributed by atoms with Gasteiger partial charge < -0.3 is 29.2 Å². The number of nitrogens with zero attached hydrogens (tertiary/aromatic N) is 1. The van der Waals surface area contributed by atoms with Crippen molar-refractivity contribution in [2.45, 2.75) is 19.4 Å². The molecule has 0 aromatic heterocycles. The minimum absolute atomic E-state index is 0.0330. The molecule has 28 heavy (non-hydrogen) atoms. The normalized spacial score (nSPS) is 19.3. The first-order chi connectivity index (χ1) is 13.5. The summed E-state index contributed by atoms with van der Waals surface area (Å²) in [6, 6.07) is 5.23. The van der Waals surface area contributed by atoms with Crippen LogP contribution in [0.4, 0.5) is 5.69 Å². The number of fused-ring (bicyclic) bond motifs is 1. The SMILES string of the molecule is COCCNC(=O)[C@@H](C)OC(=O)[C@@H]1CC(=O)N(c2ccc3c(c2)OCCO3)C1. The summed E-state index contributed by atoms with van der Waals surface area (Å²) < 4.78 is 21.1. The highest BCUT2D eigenvalue weighted by atomic mass is 16.6. The summed E-state index contributed by atoms with van der Waals surface area (Å²) in [5, 5.41) is 2.61. The molecule has 2 heterocycles. The Bertz CT molecular complexity index is 752. The second-order valence-electron chi connectivity index (χ2n) is 6.60. The molecule has 1 fully saturated rings. The van der Waals surface area contributed by atoms with Gasteiger partial charge in [-0.15, -0.1) is 0 Å². The number of hydrogen-bond donors (Lipinski definition) is 1. The first kappa shape index (κ1) is 19.9. The van der Waals surface area contributed by atoms with Gasteiger partial charge in [-0.1, -0.05) is 0 Å². The van der Waals surface area contributed by atoms with Crippen LogP contribution in [0, 0.1) is 5.92 Å². The Morgan fingerprint density at radius 3 is 2.79 bits per heavy atom. The van der Waals surface area contributed by atoms with Crippen LogP contribution in [0.5, 0.6) is 11.5 Å². The smallest absolute Gasteiger partial charge is 0.312 e. The van der Waals surface area contributed by atoms with E-state index in [1.807, 2.05) is 0 Å². The predicted octanol–water partition coefficient (Wildman–Crippen LogP) is 0.505. The van der Waals surface area contributed by atoms with Crippen molar-refractivity contribution in [3.8, 4) is 11.5 Å². The molecule has 9 heteroatoms. The second kappa shape index (κ2) is 8.92. The van der Waals surface area contributed by atoms with Gasteiger partial charge in [0, 0.05) is 38.4 Å². The van der Waals surface area contributed by atoms with E-state index in [9.17, 15) is 14.4 Å². The van der Waals surface area contributed by atoms with Gasteiger partial charge >= 0.3 is 5.97 Å². The van der Waals surface area contributed by atoms with Crippen molar-refractivity contribution in [1.82, 2.24) is 5.32 Å². The molecule has 1 saturated heterocycles. The lowest BCUT2D eigenvalue weighted by molar-refractivity contribution is -0.158. The Morgan fingerprint density at radius 1 is 1.29 bits per heavy atom. The van der Waals surface area contributed by atoms with Gasteiger partial charge in [-0.2, -0.15) is 0 Å². The van der Waals surface area contributed by atoms with Crippen molar-refractivity contribution in [1.29, 1.82) is 0 Å². The maximum absolute atomic E-state index is 12.4. The molecular formula is C19H24N2O7. The fraction of sp³-hybridized carbons (Fsp3) is 0.526. The number of carbonyl (C=O) groups is 3. The van der Waals surface area contributed by atoms with Crippen molar-refractivity contribution >= 4 is 23.5 Å². The Morgan fingerprint density at radius 2 is 2.04 bits per heavy atom. The topological polar surface area (TPSA) is 103 Å². The summed E-state index contributed by atoms with van der Waals surface area (Å²) >= 11 is 0. The largest absolute Gasteiger partial charge is 0.486 e. The number of rotatable bonds is 7. The van der Waals surface area contributed by atoms with Gasteiger partial charge in [0.25, 0.3) is 5.91 Å². The maximum Gasteiger partial charge on any atom is 0.312 e. The third kappa shape index (κ3) is 4.53. The van der Waals surface area contributed by atoms with Crippen LogP contribution in [0.2, 0.25) is 0 Å². The monoisotopic (exact) mass is 392 g/mol. The number of hydrogen-bond acceptors (Lipinski definition) is 7. The highest BCUT2D eigenvalue weighted by Crippen LogP contribution is 2.36. The van der Waals surface area contributed by atoms with Crippen molar-refractivity contribution in [2.24, 2.45) is 5.92 Å². The van der Waals surface area contributed by atoms with E-state index in [-0.39, 0.29) is 18.9 Å². The standard InChI is InChI=1S/C19H24N2O7/c1-12(18(23)20-5-6-25-2)28-19(24)13-9-17(22)21(11-13)14-3-4-15-16(10-14)27-8-7-26-15/h3-4,10,12-13H,5-9,11H2,1-2H3,(H,20,23)/t12-,13-/m1/s1. The van der Waals surface area contributed by atoms with E-state index in [4.69, 9.17) is 18.9 Å². The zero-order chi connectivity index (χ0) is 20.1. The number of esters is 1. The van der Waals surface area contributed by atoms with Gasteiger partial charge in [-0.05, 0) is 19.1 Å². The Hall–Kier alpha value is -2.81. The third-order valence-electron chi connectivity index (χ3n) is 4.56. The van der Waals surface area contributed by atoms with Crippen molar-refractivity contribution in [3.63, 3.8) is 0 Å². The number of nitrogens with one attached hydrogen (secondary N) is 1. The number of ether oxygens (including phenoxy) is 4. The fourth-order valence-electron chi connectivity index (χ4n) is 3.06. The van der Waals surface area contributed by atoms with Crippen LogP contribution in [0.15, 0.2) is 18.2 Å². The Kier molecular flexibility index (Phi) is 6.35. The summed E-state index contributed by atoms with van der Waals surface area (Å²) in [5.74, 6) is -0.582. The third-order valence-corrected chi connectivity index (χ3v) is 4.56. The molecule has 1 aromatic rings. The van der Waals surface area contributed by atoms with Crippen LogP contribution in [0.25, 0.3) is 0 Å². The van der Waals surface area contributed by atoms with Gasteiger partial charge in [-0.25, -0.2) is 0 Å². The molecule has 1 aromatic carbocycles. The minimum atomic E-state index is -0.942. The molecule has 0 radical (unpaired) electrons. The lowest BCUT2D eigenvalue weighted by Crippen LogP contribution is -2.38. The molecule has 2 aliphatic rings. The average Bonchev–Trinajstić information content (AvgIpc) is 3.09. The van der Waals surface area contributed by atoms with E-state index in [0.29, 0.717) is 43.6 Å². The highest BCUT2D eigenvalue weighted by Gasteiger charge is 2.37. The quantitative estimate of drug-likeness (QED) is 0.532. The average molecular weight is 392 g/mol. The predicted molar refractivity (Wildman–Crippen MR) is 98.3 cm³/mol. The van der Waals surface area contributed by atoms with E-state index < -0.39 is 23.9 Å². The molecule has 3 rings (SSSR count). The number of anilines is 1. The molecule has 152 valence electrons. The summed E-state index contributed by atoms with van der Waals surface area (Å²) in [6.45, 7) is 3.32. The van der Waals surface area contributed by atoms with Gasteiger partial charge in [0.2, 0.25) is 5.91 Å². The summed E-state index contributed by atoms with van der Waals surface area (Å²) in [7, 11) is 1.53. The molecule has 9 nitrogen and oxygen atoms in total. The molecule has 0 aliphatic carbocycles. The lowest BCUT2D eigenvalue weighted by Gasteiger charge is -2.22. The first-order valence-electron chi connectivity index (χ1n) is 9.16. The molecule has 0 bridgehead atoms. The van der Waals surface area contributed by atoms with Crippen LogP contribution >= 0.6 is 0 Å². The van der Waals surface area contributed by atoms with Crippen LogP contribution in [-0.2, 0) is 23.9 Å². The second-order valence-corrected chi connectivity index (χ2v) is 6.60. The van der Waals surface area contributed by atoms with Gasteiger partial charge in [0.15, 0.2) is 17.6 Å². The van der Waals surface area contributed by atoms with Crippen LogP contribution in [0.3, 0.4) is 0 Å². The van der Waals surface area contributed by atoms with E-state index in [0.717, 1.165) is 0 Å². The first-order valence-corrected chi connectivity index (χ1v) is 9.16. The van der Waals surface area contributed by atoms with E-state index in [1.165, 1.54) is 18.9 Å². The Labute approximate surface area is 162 Å². The van der Waals surface area contributed by atoms with Crippen LogP contribution in [0.1, 0.15) is 13.3 Å². The van der Waals surface area contributed by atoms with Crippen molar-refractivity contribution in [2.75, 3.05) is 44.9 Å². The number of carbonyl (C=O) groups excluding carboxylic acids is 3. The van der Waals surface area contributed by atoms with Gasteiger partial charge in [-0.3, -0.25) is 14.4 Å². The molecule has 0 saturated carbocycles. The zero-order valence-corrected chi connectivity index (χ0v) is 15.9. The van der Waals surface area contributed by atoms with Crippen LogP contribution < -0.4 is 19.7 Å². The number of methoxy groups -OCH3 is 1. The molecule has 0 unspecified atom stereocenters. The van der Waals surface area contributed by atoms with E-state index >= 15 is 0 Å². The van der Waals surface area contributed by atoms with E-state index in [1.54, 1.807) is 18.2 Å². The lowest BCUT2D eigenvalue weighted by atomic mass is 10.1. The van der Waals surface area contributed by atoms with Crippen molar-refractivity contribution < 1.29 is 33.3 Å². The molecule has 2 aliphatic heterocycles. The Balaban J connectivity index is 1.58. The number of benzene rings is 1. The van der Waals surface area contributed by atoms with Crippen molar-refractivity contribution in [3.05, 3.63) is 18.2 Å². The fourth-order valence-corrected chi connectivity index (χ4v) is 3.06. The highest BCUT2D eigenvalue weighted by molar-refractivity contribution is 6.00. The molecule has 1 N–H and O–H groups in total. The summed E-state index contributed by atoms with van der Waals surface area (Å²) in [4.78, 5) is 38.2. The summed E-state index contributed by atoms with van der Waals surface area (Å²) in [5.41, 5.74) is 0.634. The maximum atomic E-state index is 12.4. The molecular weight excluding hydrogens is 368 g/mol. The van der Waals surface area contributed by atoms with Gasteiger partial charge in [0.05, 0.1) is 12.5 Å². The zero-order valence-electron chi connectivity index (χ0n) is 15.9. The molecule has 2 amide bonds. The molecule has 0 spiro atoms. The van der Waals surface area contributed by atoms with Crippen LogP contribution in [-0.4, -0.2) is 63.9 Å².